The second-order valence-corrected chi connectivity index (χ2v) is 4.49. The predicted octanol–water partition coefficient (Wildman–Crippen LogP) is 2.65. The molecule has 0 aliphatic rings. The molecule has 0 fully saturated rings. The molecule has 0 radical (unpaired) electrons. The summed E-state index contributed by atoms with van der Waals surface area (Å²) in [6.45, 7) is 0. The summed E-state index contributed by atoms with van der Waals surface area (Å²) in [7, 11) is 0. The number of aliphatic imine (C=N–C) groups is 1. The molecule has 21 heavy (non-hydrogen) atoms. The van der Waals surface area contributed by atoms with Crippen molar-refractivity contribution < 1.29 is 19.4 Å². The predicted molar refractivity (Wildman–Crippen MR) is 77.2 cm³/mol. The first-order chi connectivity index (χ1) is 10.1. The lowest BCUT2D eigenvalue weighted by Crippen LogP contribution is -2.21. The molecule has 2 aromatic carbocycles. The summed E-state index contributed by atoms with van der Waals surface area (Å²) >= 11 is 0. The van der Waals surface area contributed by atoms with Gasteiger partial charge in [0.05, 0.1) is 0 Å². The molecule has 5 heteroatoms. The number of hydrogen-bond acceptors (Lipinski definition) is 3. The highest BCUT2D eigenvalue weighted by Crippen LogP contribution is 2.15. The van der Waals surface area contributed by atoms with Crippen molar-refractivity contribution in [2.75, 3.05) is 0 Å². The Balaban J connectivity index is 2.19. The Kier molecular flexibility index (Phi) is 4.66. The number of nitrogens with zero attached hydrogens (tertiary/aromatic N) is 1. The van der Waals surface area contributed by atoms with Crippen LogP contribution in [0.1, 0.15) is 11.1 Å². The number of phenols is 1. The maximum absolute atomic E-state index is 13.6. The average Bonchev–Trinajstić information content (AvgIpc) is 2.46. The molecule has 0 aliphatic carbocycles. The Bertz CT molecular complexity index is 670. The van der Waals surface area contributed by atoms with Crippen molar-refractivity contribution in [1.82, 2.24) is 0 Å². The van der Waals surface area contributed by atoms with Crippen LogP contribution in [0.2, 0.25) is 0 Å². The molecular formula is C16H14FNO3. The third-order valence-electron chi connectivity index (χ3n) is 2.99. The lowest BCUT2D eigenvalue weighted by Gasteiger charge is -2.08. The Morgan fingerprint density at radius 1 is 1.19 bits per heavy atom. The zero-order chi connectivity index (χ0) is 15.2. The van der Waals surface area contributed by atoms with E-state index in [0.717, 1.165) is 0 Å². The standard InChI is InChI=1S/C16H14FNO3/c17-13-7-3-1-5-11(13)9-14(16(20)21)18-10-12-6-2-4-8-15(12)19/h1-8,10,14,19H,9H2,(H,20,21)/t14-/m0/s1. The Labute approximate surface area is 121 Å². The van der Waals surface area contributed by atoms with Crippen LogP contribution in [0, 0.1) is 5.82 Å². The fourth-order valence-corrected chi connectivity index (χ4v) is 1.84. The van der Waals surface area contributed by atoms with Crippen LogP contribution in [0.3, 0.4) is 0 Å². The lowest BCUT2D eigenvalue weighted by atomic mass is 10.1. The molecule has 0 heterocycles. The summed E-state index contributed by atoms with van der Waals surface area (Å²) in [6.07, 6.45) is 1.24. The normalized spacial score (nSPS) is 12.4. The minimum atomic E-state index is -1.15. The molecule has 2 N–H and O–H groups in total. The highest BCUT2D eigenvalue weighted by Gasteiger charge is 2.18. The van der Waals surface area contributed by atoms with Gasteiger partial charge in [-0.1, -0.05) is 30.3 Å². The highest BCUT2D eigenvalue weighted by atomic mass is 19.1. The number of aromatic hydroxyl groups is 1. The number of para-hydroxylation sites is 1. The largest absolute Gasteiger partial charge is 0.507 e. The molecule has 0 saturated carbocycles. The summed E-state index contributed by atoms with van der Waals surface area (Å²) < 4.78 is 13.6. The molecule has 2 aromatic rings. The van der Waals surface area contributed by atoms with Gasteiger partial charge in [0.15, 0.2) is 6.04 Å². The second-order valence-electron chi connectivity index (χ2n) is 4.49. The monoisotopic (exact) mass is 287 g/mol. The molecule has 0 saturated heterocycles. The Morgan fingerprint density at radius 3 is 2.52 bits per heavy atom. The van der Waals surface area contributed by atoms with Crippen LogP contribution in [0.15, 0.2) is 53.5 Å². The summed E-state index contributed by atoms with van der Waals surface area (Å²) in [5, 5.41) is 18.8. The number of rotatable bonds is 5. The van der Waals surface area contributed by atoms with Gasteiger partial charge >= 0.3 is 5.97 Å². The summed E-state index contributed by atoms with van der Waals surface area (Å²) in [6, 6.07) is 11.3. The number of carbonyl (C=O) groups is 1. The van der Waals surface area contributed by atoms with E-state index in [0.29, 0.717) is 11.1 Å². The zero-order valence-corrected chi connectivity index (χ0v) is 11.1. The van der Waals surface area contributed by atoms with Gasteiger partial charge in [-0.25, -0.2) is 9.18 Å². The molecule has 0 bridgehead atoms. The molecule has 0 amide bonds. The zero-order valence-electron chi connectivity index (χ0n) is 11.1. The first-order valence-corrected chi connectivity index (χ1v) is 6.35. The van der Waals surface area contributed by atoms with Crippen molar-refractivity contribution in [3.8, 4) is 5.75 Å². The van der Waals surface area contributed by atoms with Crippen LogP contribution in [-0.2, 0) is 11.2 Å². The third kappa shape index (κ3) is 3.89. The topological polar surface area (TPSA) is 69.9 Å². The van der Waals surface area contributed by atoms with E-state index >= 15 is 0 Å². The van der Waals surface area contributed by atoms with E-state index in [1.807, 2.05) is 0 Å². The number of benzene rings is 2. The van der Waals surface area contributed by atoms with Crippen LogP contribution >= 0.6 is 0 Å². The number of phenolic OH excluding ortho intramolecular Hbond substituents is 1. The van der Waals surface area contributed by atoms with Crippen LogP contribution in [0.5, 0.6) is 5.75 Å². The number of hydrogen-bond donors (Lipinski definition) is 2. The van der Waals surface area contributed by atoms with Crippen molar-refractivity contribution in [3.05, 3.63) is 65.5 Å². The second kappa shape index (κ2) is 6.65. The molecular weight excluding hydrogens is 273 g/mol. The number of halogens is 1. The summed E-state index contributed by atoms with van der Waals surface area (Å²) in [4.78, 5) is 15.2. The maximum atomic E-state index is 13.6. The molecule has 4 nitrogen and oxygen atoms in total. The van der Waals surface area contributed by atoms with Crippen LogP contribution in [0.4, 0.5) is 4.39 Å². The van der Waals surface area contributed by atoms with E-state index in [-0.39, 0.29) is 12.2 Å². The number of aliphatic carboxylic acids is 1. The van der Waals surface area contributed by atoms with Crippen molar-refractivity contribution in [3.63, 3.8) is 0 Å². The van der Waals surface area contributed by atoms with Crippen molar-refractivity contribution in [1.29, 1.82) is 0 Å². The van der Waals surface area contributed by atoms with Gasteiger partial charge < -0.3 is 10.2 Å². The van der Waals surface area contributed by atoms with Crippen LogP contribution in [-0.4, -0.2) is 28.4 Å². The van der Waals surface area contributed by atoms with Gasteiger partial charge in [0.2, 0.25) is 0 Å². The van der Waals surface area contributed by atoms with Gasteiger partial charge in [-0.05, 0) is 23.8 Å². The summed E-state index contributed by atoms with van der Waals surface area (Å²) in [5.41, 5.74) is 0.705. The molecule has 0 spiro atoms. The molecule has 1 atom stereocenters. The fraction of sp³-hybridized carbons (Fsp3) is 0.125. The van der Waals surface area contributed by atoms with E-state index in [4.69, 9.17) is 0 Å². The average molecular weight is 287 g/mol. The molecule has 2 rings (SSSR count). The molecule has 0 unspecified atom stereocenters. The van der Waals surface area contributed by atoms with E-state index in [2.05, 4.69) is 4.99 Å². The van der Waals surface area contributed by atoms with Gasteiger partial charge in [0.1, 0.15) is 11.6 Å². The van der Waals surface area contributed by atoms with Gasteiger partial charge in [0, 0.05) is 18.2 Å². The van der Waals surface area contributed by atoms with E-state index in [1.165, 1.54) is 24.4 Å². The van der Waals surface area contributed by atoms with Crippen LogP contribution in [0.25, 0.3) is 0 Å². The minimum absolute atomic E-state index is 0.0104. The number of carboxylic acid groups (broad SMARTS) is 1. The van der Waals surface area contributed by atoms with Crippen LogP contribution < -0.4 is 0 Å². The highest BCUT2D eigenvalue weighted by molar-refractivity contribution is 5.86. The van der Waals surface area contributed by atoms with E-state index in [1.54, 1.807) is 30.3 Å². The van der Waals surface area contributed by atoms with Gasteiger partial charge in [-0.2, -0.15) is 0 Å². The maximum Gasteiger partial charge on any atom is 0.328 e. The molecule has 108 valence electrons. The first-order valence-electron chi connectivity index (χ1n) is 6.35. The van der Waals surface area contributed by atoms with E-state index in [9.17, 15) is 19.4 Å². The minimum Gasteiger partial charge on any atom is -0.507 e. The molecule has 0 aromatic heterocycles. The van der Waals surface area contributed by atoms with Crippen molar-refractivity contribution >= 4 is 12.2 Å². The van der Waals surface area contributed by atoms with E-state index < -0.39 is 17.8 Å². The van der Waals surface area contributed by atoms with Gasteiger partial charge in [-0.15, -0.1) is 0 Å². The van der Waals surface area contributed by atoms with Gasteiger partial charge in [0.25, 0.3) is 0 Å². The van der Waals surface area contributed by atoms with Crippen molar-refractivity contribution in [2.45, 2.75) is 12.5 Å². The van der Waals surface area contributed by atoms with Crippen molar-refractivity contribution in [2.24, 2.45) is 4.99 Å². The first kappa shape index (κ1) is 14.7. The molecule has 0 aliphatic heterocycles. The Morgan fingerprint density at radius 2 is 1.86 bits per heavy atom. The Hall–Kier alpha value is -2.69. The smallest absolute Gasteiger partial charge is 0.328 e. The quantitative estimate of drug-likeness (QED) is 0.831. The fourth-order valence-electron chi connectivity index (χ4n) is 1.84. The third-order valence-corrected chi connectivity index (χ3v) is 2.99. The SMILES string of the molecule is O=C(O)[C@H](Cc1ccccc1F)N=Cc1ccccc1O. The number of carboxylic acids is 1. The lowest BCUT2D eigenvalue weighted by molar-refractivity contribution is -0.138. The van der Waals surface area contributed by atoms with Gasteiger partial charge in [-0.3, -0.25) is 4.99 Å². The summed E-state index contributed by atoms with van der Waals surface area (Å²) in [5.74, 6) is -1.59.